The van der Waals surface area contributed by atoms with Crippen molar-refractivity contribution < 1.29 is 4.39 Å². The van der Waals surface area contributed by atoms with Gasteiger partial charge in [0.05, 0.1) is 12.2 Å². The molecule has 3 heterocycles. The van der Waals surface area contributed by atoms with Crippen molar-refractivity contribution >= 4 is 17.5 Å². The minimum atomic E-state index is -0.151. The van der Waals surface area contributed by atoms with Crippen LogP contribution in [0.15, 0.2) is 36.4 Å². The number of fused-ring (bicyclic) bond motifs is 3. The number of hydrogen-bond acceptors (Lipinski definition) is 4. The summed E-state index contributed by atoms with van der Waals surface area (Å²) in [6.07, 6.45) is 2.82. The summed E-state index contributed by atoms with van der Waals surface area (Å²) < 4.78 is 16.0. The minimum Gasteiger partial charge on any atom is -0.341 e. The number of benzene rings is 2. The molecule has 0 amide bonds. The zero-order valence-electron chi connectivity index (χ0n) is 18.9. The van der Waals surface area contributed by atoms with Gasteiger partial charge in [0.1, 0.15) is 5.82 Å². The maximum absolute atomic E-state index is 13.8. The largest absolute Gasteiger partial charge is 0.341 e. The number of hydrogen-bond donors (Lipinski definition) is 0. The summed E-state index contributed by atoms with van der Waals surface area (Å²) in [4.78, 5) is 4.58. The summed E-state index contributed by atoms with van der Waals surface area (Å²) in [6, 6.07) is 11.3. The van der Waals surface area contributed by atoms with E-state index in [1.807, 2.05) is 18.2 Å². The molecule has 0 atom stereocenters. The summed E-state index contributed by atoms with van der Waals surface area (Å²) in [5.74, 6) is 1.70. The predicted octanol–water partition coefficient (Wildman–Crippen LogP) is 5.13. The number of aromatic nitrogens is 3. The zero-order chi connectivity index (χ0) is 22.5. The van der Waals surface area contributed by atoms with Gasteiger partial charge in [-0.05, 0) is 78.7 Å². The van der Waals surface area contributed by atoms with Crippen molar-refractivity contribution in [1.82, 2.24) is 19.7 Å². The Hall–Kier alpha value is -2.44. The molecule has 2 aliphatic rings. The van der Waals surface area contributed by atoms with Gasteiger partial charge in [0, 0.05) is 24.7 Å². The first-order valence-electron chi connectivity index (χ1n) is 11.3. The van der Waals surface area contributed by atoms with Gasteiger partial charge in [-0.2, -0.15) is 0 Å². The smallest absolute Gasteiger partial charge is 0.231 e. The highest BCUT2D eigenvalue weighted by Crippen LogP contribution is 2.39. The Kier molecular flexibility index (Phi) is 5.46. The molecule has 2 aliphatic heterocycles. The van der Waals surface area contributed by atoms with Gasteiger partial charge >= 0.3 is 0 Å². The van der Waals surface area contributed by atoms with Crippen LogP contribution in [-0.4, -0.2) is 39.8 Å². The molecule has 1 aromatic heterocycles. The van der Waals surface area contributed by atoms with Crippen molar-refractivity contribution in [2.45, 2.75) is 51.6 Å². The number of rotatable bonds is 3. The first kappa shape index (κ1) is 21.4. The Bertz CT molecular complexity index is 1150. The summed E-state index contributed by atoms with van der Waals surface area (Å²) >= 11 is 6.30. The molecule has 0 saturated carbocycles. The highest BCUT2D eigenvalue weighted by Gasteiger charge is 2.35. The molecule has 168 valence electrons. The van der Waals surface area contributed by atoms with Crippen molar-refractivity contribution in [2.75, 3.05) is 25.0 Å². The van der Waals surface area contributed by atoms with Gasteiger partial charge in [0.2, 0.25) is 5.95 Å². The highest BCUT2D eigenvalue weighted by molar-refractivity contribution is 6.30. The number of anilines is 1. The first-order chi connectivity index (χ1) is 15.4. The summed E-state index contributed by atoms with van der Waals surface area (Å²) in [7, 11) is 2.09. The van der Waals surface area contributed by atoms with Gasteiger partial charge in [-0.15, -0.1) is 10.2 Å². The van der Waals surface area contributed by atoms with Gasteiger partial charge in [-0.1, -0.05) is 31.5 Å². The van der Waals surface area contributed by atoms with E-state index in [4.69, 9.17) is 11.6 Å². The Labute approximate surface area is 193 Å². The average Bonchev–Trinajstić information content (AvgIpc) is 3.11. The lowest BCUT2D eigenvalue weighted by atomic mass is 9.72. The summed E-state index contributed by atoms with van der Waals surface area (Å²) in [6.45, 7) is 7.74. The van der Waals surface area contributed by atoms with Crippen LogP contribution in [0.25, 0.3) is 5.69 Å². The van der Waals surface area contributed by atoms with E-state index in [9.17, 15) is 4.39 Å². The fourth-order valence-electron chi connectivity index (χ4n) is 5.26. The lowest BCUT2D eigenvalue weighted by Crippen LogP contribution is -2.42. The maximum atomic E-state index is 13.8. The van der Waals surface area contributed by atoms with Crippen LogP contribution < -0.4 is 4.90 Å². The number of halogens is 2. The second-order valence-corrected chi connectivity index (χ2v) is 9.84. The Morgan fingerprint density at radius 1 is 1.06 bits per heavy atom. The third-order valence-corrected chi connectivity index (χ3v) is 7.33. The third-order valence-electron chi connectivity index (χ3n) is 7.10. The van der Waals surface area contributed by atoms with Crippen LogP contribution in [0, 0.1) is 5.82 Å². The van der Waals surface area contributed by atoms with Crippen molar-refractivity contribution in [1.29, 1.82) is 0 Å². The zero-order valence-corrected chi connectivity index (χ0v) is 19.7. The van der Waals surface area contributed by atoms with Crippen molar-refractivity contribution in [3.8, 4) is 5.69 Å². The lowest BCUT2D eigenvalue weighted by Gasteiger charge is -2.41. The average molecular weight is 454 g/mol. The lowest BCUT2D eigenvalue weighted by molar-refractivity contribution is 0.315. The van der Waals surface area contributed by atoms with E-state index in [0.29, 0.717) is 0 Å². The molecule has 5 rings (SSSR count). The van der Waals surface area contributed by atoms with E-state index < -0.39 is 0 Å². The van der Waals surface area contributed by atoms with Gasteiger partial charge in [-0.3, -0.25) is 9.47 Å². The molecule has 0 unspecified atom stereocenters. The molecule has 0 bridgehead atoms. The molecule has 0 radical (unpaired) electrons. The van der Waals surface area contributed by atoms with Crippen LogP contribution in [0.3, 0.4) is 0 Å². The molecule has 0 aliphatic carbocycles. The SMILES string of the molecule is CCc1cc(F)ccc1C1(C)CCN(c2nnc3n2-c2ccc(Cl)cc2CN(C)C3)CC1. The predicted molar refractivity (Wildman–Crippen MR) is 126 cm³/mol. The van der Waals surface area contributed by atoms with Crippen LogP contribution >= 0.6 is 11.6 Å². The van der Waals surface area contributed by atoms with E-state index in [-0.39, 0.29) is 11.2 Å². The van der Waals surface area contributed by atoms with Crippen LogP contribution in [0.2, 0.25) is 5.02 Å². The molecule has 2 aromatic carbocycles. The standard InChI is InChI=1S/C25H29ClFN5/c1-4-17-14-20(27)6-7-21(17)25(2)9-11-31(12-10-25)24-29-28-23-16-30(3)15-18-13-19(26)5-8-22(18)32(23)24/h5-8,13-14H,4,9-12,15-16H2,1-3H3. The Morgan fingerprint density at radius 2 is 1.84 bits per heavy atom. The van der Waals surface area contributed by atoms with Crippen LogP contribution in [0.5, 0.6) is 0 Å². The molecular weight excluding hydrogens is 425 g/mol. The van der Waals surface area contributed by atoms with E-state index >= 15 is 0 Å². The summed E-state index contributed by atoms with van der Waals surface area (Å²) in [5.41, 5.74) is 4.71. The van der Waals surface area contributed by atoms with Gasteiger partial charge in [0.15, 0.2) is 5.82 Å². The molecule has 7 heteroatoms. The molecule has 32 heavy (non-hydrogen) atoms. The normalized spacial score (nSPS) is 18.2. The quantitative estimate of drug-likeness (QED) is 0.551. The van der Waals surface area contributed by atoms with E-state index in [1.165, 1.54) is 11.1 Å². The van der Waals surface area contributed by atoms with Crippen LogP contribution in [0.4, 0.5) is 10.3 Å². The molecule has 0 N–H and O–H groups in total. The molecule has 5 nitrogen and oxygen atoms in total. The topological polar surface area (TPSA) is 37.2 Å². The maximum Gasteiger partial charge on any atom is 0.231 e. The van der Waals surface area contributed by atoms with Gasteiger partial charge < -0.3 is 4.90 Å². The fraction of sp³-hybridized carbons (Fsp3) is 0.440. The fourth-order valence-corrected chi connectivity index (χ4v) is 5.46. The summed E-state index contributed by atoms with van der Waals surface area (Å²) in [5, 5.41) is 9.91. The number of nitrogens with zero attached hydrogens (tertiary/aromatic N) is 5. The van der Waals surface area contributed by atoms with Crippen molar-refractivity contribution in [3.05, 3.63) is 69.8 Å². The van der Waals surface area contributed by atoms with Crippen LogP contribution in [0.1, 0.15) is 49.2 Å². The molecular formula is C25H29ClFN5. The second kappa shape index (κ2) is 8.16. The van der Waals surface area contributed by atoms with Gasteiger partial charge in [-0.25, -0.2) is 4.39 Å². The second-order valence-electron chi connectivity index (χ2n) is 9.40. The van der Waals surface area contributed by atoms with E-state index in [0.717, 1.165) is 73.5 Å². The molecule has 0 spiro atoms. The monoisotopic (exact) mass is 453 g/mol. The van der Waals surface area contributed by atoms with E-state index in [1.54, 1.807) is 12.1 Å². The molecule has 3 aromatic rings. The minimum absolute atomic E-state index is 0.0306. The number of aryl methyl sites for hydroxylation is 1. The molecule has 1 fully saturated rings. The van der Waals surface area contributed by atoms with Gasteiger partial charge in [0.25, 0.3) is 0 Å². The number of piperidine rings is 1. The van der Waals surface area contributed by atoms with E-state index in [2.05, 4.69) is 51.5 Å². The Balaban J connectivity index is 1.46. The first-order valence-corrected chi connectivity index (χ1v) is 11.7. The Morgan fingerprint density at radius 3 is 2.59 bits per heavy atom. The third kappa shape index (κ3) is 3.69. The van der Waals surface area contributed by atoms with Crippen molar-refractivity contribution in [2.24, 2.45) is 0 Å². The molecule has 1 saturated heterocycles. The van der Waals surface area contributed by atoms with Crippen LogP contribution in [-0.2, 0) is 24.9 Å². The van der Waals surface area contributed by atoms with Crippen molar-refractivity contribution in [3.63, 3.8) is 0 Å². The highest BCUT2D eigenvalue weighted by atomic mass is 35.5.